The number of aromatic nitrogens is 2. The fourth-order valence-electron chi connectivity index (χ4n) is 2.28. The van der Waals surface area contributed by atoms with Crippen LogP contribution in [0.25, 0.3) is 20.8 Å². The number of hydrogen-bond acceptors (Lipinski definition) is 8. The summed E-state index contributed by atoms with van der Waals surface area (Å²) in [6.07, 6.45) is 0.841. The number of benzene rings is 1. The van der Waals surface area contributed by atoms with E-state index in [0.29, 0.717) is 11.6 Å². The van der Waals surface area contributed by atoms with E-state index in [9.17, 15) is 10.1 Å². The Morgan fingerprint density at radius 2 is 2.12 bits per heavy atom. The predicted molar refractivity (Wildman–Crippen MR) is 104 cm³/mol. The van der Waals surface area contributed by atoms with Crippen LogP contribution >= 0.6 is 11.3 Å². The molecular formula is C17H20BN3O4S. The molecule has 3 N–H and O–H groups in total. The summed E-state index contributed by atoms with van der Waals surface area (Å²) in [6, 6.07) is 9.28. The molecule has 0 radical (unpaired) electrons. The molecular weight excluding hydrogens is 353 g/mol. The summed E-state index contributed by atoms with van der Waals surface area (Å²) >= 11 is 1.52. The highest BCUT2D eigenvalue weighted by Crippen LogP contribution is 2.32. The average molecular weight is 373 g/mol. The first kappa shape index (κ1) is 18.6. The van der Waals surface area contributed by atoms with Crippen molar-refractivity contribution in [2.24, 2.45) is 0 Å². The summed E-state index contributed by atoms with van der Waals surface area (Å²) in [4.78, 5) is 10.7. The van der Waals surface area contributed by atoms with Gasteiger partial charge in [-0.2, -0.15) is 0 Å². The third-order valence-corrected chi connectivity index (χ3v) is 5.00. The van der Waals surface area contributed by atoms with Crippen LogP contribution in [-0.4, -0.2) is 58.6 Å². The minimum atomic E-state index is -0.896. The highest BCUT2D eigenvalue weighted by atomic mass is 32.1. The second kappa shape index (κ2) is 8.00. The largest absolute Gasteiger partial charge is 0.491 e. The standard InChI is InChI=1S/C17H20BN3O4S/c1-18(24)21(2)16-6-3-11(8-19-16)17-20-14-5-4-13(7-15(14)26-17)25-10-12(23)9-22/h3-8,12,22-24H,9-10H2,1-2H3. The van der Waals surface area contributed by atoms with Crippen molar-refractivity contribution in [3.63, 3.8) is 0 Å². The van der Waals surface area contributed by atoms with Gasteiger partial charge in [0.25, 0.3) is 0 Å². The Morgan fingerprint density at radius 3 is 2.77 bits per heavy atom. The Balaban J connectivity index is 1.80. The van der Waals surface area contributed by atoms with Gasteiger partial charge in [-0.1, -0.05) is 0 Å². The monoisotopic (exact) mass is 373 g/mol. The molecule has 1 aromatic carbocycles. The maximum absolute atomic E-state index is 9.61. The van der Waals surface area contributed by atoms with Crippen molar-refractivity contribution in [1.29, 1.82) is 0 Å². The van der Waals surface area contributed by atoms with E-state index in [1.165, 1.54) is 11.3 Å². The van der Waals surface area contributed by atoms with E-state index in [1.807, 2.05) is 24.3 Å². The zero-order valence-corrected chi connectivity index (χ0v) is 15.3. The fraction of sp³-hybridized carbons (Fsp3) is 0.294. The molecule has 0 aliphatic rings. The van der Waals surface area contributed by atoms with Crippen molar-refractivity contribution in [1.82, 2.24) is 9.97 Å². The molecule has 136 valence electrons. The molecule has 7 nitrogen and oxygen atoms in total. The van der Waals surface area contributed by atoms with Gasteiger partial charge in [-0.3, -0.25) is 0 Å². The second-order valence-corrected chi connectivity index (χ2v) is 6.97. The van der Waals surface area contributed by atoms with Gasteiger partial charge in [0.2, 0.25) is 0 Å². The van der Waals surface area contributed by atoms with E-state index in [1.54, 1.807) is 30.9 Å². The maximum atomic E-state index is 9.61. The topological polar surface area (TPSA) is 98.9 Å². The quantitative estimate of drug-likeness (QED) is 0.542. The number of nitrogens with zero attached hydrogens (tertiary/aromatic N) is 3. The van der Waals surface area contributed by atoms with E-state index in [4.69, 9.17) is 9.84 Å². The molecule has 0 spiro atoms. The summed E-state index contributed by atoms with van der Waals surface area (Å²) in [7, 11) is 1.16. The van der Waals surface area contributed by atoms with Crippen molar-refractivity contribution in [3.05, 3.63) is 36.5 Å². The summed E-state index contributed by atoms with van der Waals surface area (Å²) in [5.41, 5.74) is 1.75. The van der Waals surface area contributed by atoms with Crippen molar-refractivity contribution in [2.75, 3.05) is 25.1 Å². The number of hydrogen-bond donors (Lipinski definition) is 3. The molecule has 0 amide bonds. The number of aliphatic hydroxyl groups is 2. The van der Waals surface area contributed by atoms with Crippen LogP contribution < -0.4 is 9.55 Å². The van der Waals surface area contributed by atoms with Crippen LogP contribution in [0.3, 0.4) is 0 Å². The fourth-order valence-corrected chi connectivity index (χ4v) is 3.26. The minimum absolute atomic E-state index is 0.0375. The van der Waals surface area contributed by atoms with Crippen molar-refractivity contribution >= 4 is 34.4 Å². The lowest BCUT2D eigenvalue weighted by molar-refractivity contribution is 0.0536. The molecule has 0 fully saturated rings. The van der Waals surface area contributed by atoms with Crippen LogP contribution in [0.2, 0.25) is 6.82 Å². The Kier molecular flexibility index (Phi) is 5.72. The molecule has 26 heavy (non-hydrogen) atoms. The number of aliphatic hydroxyl groups excluding tert-OH is 2. The molecule has 2 aromatic heterocycles. The Morgan fingerprint density at radius 1 is 1.31 bits per heavy atom. The summed E-state index contributed by atoms with van der Waals surface area (Å²) in [5, 5.41) is 28.7. The molecule has 0 bridgehead atoms. The Bertz CT molecular complexity index is 872. The summed E-state index contributed by atoms with van der Waals surface area (Å²) in [5.74, 6) is 1.30. The molecule has 9 heteroatoms. The minimum Gasteiger partial charge on any atom is -0.491 e. The molecule has 1 atom stereocenters. The van der Waals surface area contributed by atoms with Gasteiger partial charge < -0.3 is 24.8 Å². The number of fused-ring (bicyclic) bond motifs is 1. The SMILES string of the molecule is CB(O)N(C)c1ccc(-c2nc3ccc(OCC(O)CO)cc3s2)cn1. The number of anilines is 1. The van der Waals surface area contributed by atoms with Gasteiger partial charge in [-0.25, -0.2) is 9.97 Å². The van der Waals surface area contributed by atoms with Gasteiger partial charge in [0.1, 0.15) is 29.3 Å². The van der Waals surface area contributed by atoms with Crippen LogP contribution in [0, 0.1) is 0 Å². The number of thiazole rings is 1. The molecule has 1 unspecified atom stereocenters. The maximum Gasteiger partial charge on any atom is 0.410 e. The number of ether oxygens (including phenoxy) is 1. The number of rotatable bonds is 7. The van der Waals surface area contributed by atoms with Crippen LogP contribution in [0.4, 0.5) is 5.82 Å². The van der Waals surface area contributed by atoms with Crippen molar-refractivity contribution < 1.29 is 20.0 Å². The van der Waals surface area contributed by atoms with Crippen LogP contribution in [0.5, 0.6) is 5.75 Å². The van der Waals surface area contributed by atoms with Gasteiger partial charge in [-0.15, -0.1) is 11.3 Å². The van der Waals surface area contributed by atoms with Gasteiger partial charge in [0.05, 0.1) is 16.8 Å². The highest BCUT2D eigenvalue weighted by Gasteiger charge is 2.14. The van der Waals surface area contributed by atoms with E-state index in [-0.39, 0.29) is 13.2 Å². The first-order valence-electron chi connectivity index (χ1n) is 8.17. The molecule has 0 aliphatic heterocycles. The summed E-state index contributed by atoms with van der Waals surface area (Å²) in [6.45, 7) is 1.39. The van der Waals surface area contributed by atoms with E-state index >= 15 is 0 Å². The Labute approximate surface area is 155 Å². The van der Waals surface area contributed by atoms with E-state index < -0.39 is 13.2 Å². The number of pyridine rings is 1. The summed E-state index contributed by atoms with van der Waals surface area (Å²) < 4.78 is 6.43. The predicted octanol–water partition coefficient (Wildman–Crippen LogP) is 1.64. The average Bonchev–Trinajstić information content (AvgIpc) is 3.08. The van der Waals surface area contributed by atoms with Gasteiger partial charge in [-0.05, 0) is 44.2 Å². The van der Waals surface area contributed by atoms with Crippen molar-refractivity contribution in [3.8, 4) is 16.3 Å². The van der Waals surface area contributed by atoms with Gasteiger partial charge >= 0.3 is 7.05 Å². The molecule has 0 saturated carbocycles. The van der Waals surface area contributed by atoms with Crippen LogP contribution in [-0.2, 0) is 0 Å². The molecule has 0 aliphatic carbocycles. The Hall–Kier alpha value is -2.20. The van der Waals surface area contributed by atoms with Crippen LogP contribution in [0.15, 0.2) is 36.5 Å². The smallest absolute Gasteiger partial charge is 0.410 e. The van der Waals surface area contributed by atoms with Crippen LogP contribution in [0.1, 0.15) is 0 Å². The third-order valence-electron chi connectivity index (χ3n) is 3.93. The lowest BCUT2D eigenvalue weighted by atomic mass is 9.86. The lowest BCUT2D eigenvalue weighted by Gasteiger charge is -2.18. The molecule has 3 rings (SSSR count). The second-order valence-electron chi connectivity index (χ2n) is 5.94. The zero-order valence-electron chi connectivity index (χ0n) is 14.5. The lowest BCUT2D eigenvalue weighted by Crippen LogP contribution is -2.33. The first-order valence-corrected chi connectivity index (χ1v) is 8.99. The molecule has 0 saturated heterocycles. The van der Waals surface area contributed by atoms with Crippen molar-refractivity contribution in [2.45, 2.75) is 12.9 Å². The first-order chi connectivity index (χ1) is 12.5. The van der Waals surface area contributed by atoms with E-state index in [0.717, 1.165) is 20.8 Å². The molecule has 3 aromatic rings. The zero-order chi connectivity index (χ0) is 18.7. The van der Waals surface area contributed by atoms with E-state index in [2.05, 4.69) is 9.97 Å². The molecule has 2 heterocycles. The van der Waals surface area contributed by atoms with Gasteiger partial charge in [0, 0.05) is 11.8 Å². The normalized spacial score (nSPS) is 12.2. The highest BCUT2D eigenvalue weighted by molar-refractivity contribution is 7.21. The third kappa shape index (κ3) is 4.13. The van der Waals surface area contributed by atoms with Gasteiger partial charge in [0.15, 0.2) is 0 Å².